The lowest BCUT2D eigenvalue weighted by Crippen LogP contribution is -2.42. The highest BCUT2D eigenvalue weighted by Crippen LogP contribution is 2.54. The van der Waals surface area contributed by atoms with Crippen LogP contribution in [0.15, 0.2) is 48.5 Å². The third-order valence-electron chi connectivity index (χ3n) is 5.66. The summed E-state index contributed by atoms with van der Waals surface area (Å²) in [7, 11) is 0. The van der Waals surface area contributed by atoms with Crippen LogP contribution in [0, 0.1) is 11.8 Å². The van der Waals surface area contributed by atoms with E-state index in [1.165, 1.54) is 0 Å². The van der Waals surface area contributed by atoms with E-state index < -0.39 is 5.41 Å². The second-order valence-corrected chi connectivity index (χ2v) is 7.40. The Kier molecular flexibility index (Phi) is 5.30. The van der Waals surface area contributed by atoms with E-state index >= 15 is 0 Å². The number of benzene rings is 2. The molecule has 0 spiro atoms. The number of hydrazine groups is 2. The third kappa shape index (κ3) is 3.22. The molecule has 0 heterocycles. The van der Waals surface area contributed by atoms with E-state index in [0.29, 0.717) is 12.8 Å². The summed E-state index contributed by atoms with van der Waals surface area (Å²) in [6.45, 7) is 3.72. The molecule has 6 nitrogen and oxygen atoms in total. The Balaban J connectivity index is 2.17. The van der Waals surface area contributed by atoms with Crippen molar-refractivity contribution in [2.45, 2.75) is 32.1 Å². The van der Waals surface area contributed by atoms with E-state index in [2.05, 4.69) is 35.1 Å². The van der Waals surface area contributed by atoms with Crippen molar-refractivity contribution in [1.82, 2.24) is 10.9 Å². The molecule has 2 aromatic carbocycles. The maximum atomic E-state index is 12.2. The van der Waals surface area contributed by atoms with Gasteiger partial charge in [-0.25, -0.2) is 11.7 Å². The first-order valence-electron chi connectivity index (χ1n) is 9.15. The molecule has 1 aliphatic carbocycles. The van der Waals surface area contributed by atoms with E-state index in [4.69, 9.17) is 11.7 Å². The Bertz CT molecular complexity index is 793. The average molecular weight is 366 g/mol. The summed E-state index contributed by atoms with van der Waals surface area (Å²) in [5.41, 5.74) is 8.61. The number of carbonyl (C=O) groups is 2. The van der Waals surface area contributed by atoms with Crippen molar-refractivity contribution in [3.63, 3.8) is 0 Å². The molecule has 2 unspecified atom stereocenters. The lowest BCUT2D eigenvalue weighted by molar-refractivity contribution is -0.125. The normalized spacial score (nSPS) is 16.0. The predicted octanol–water partition coefficient (Wildman–Crippen LogP) is 1.99. The number of rotatable bonds is 6. The zero-order valence-corrected chi connectivity index (χ0v) is 15.7. The smallest absolute Gasteiger partial charge is 0.236 e. The van der Waals surface area contributed by atoms with Gasteiger partial charge in [-0.05, 0) is 35.1 Å². The summed E-state index contributed by atoms with van der Waals surface area (Å²) in [4.78, 5) is 24.4. The second kappa shape index (κ2) is 7.50. The lowest BCUT2D eigenvalue weighted by Gasteiger charge is -2.36. The standard InChI is InChI=1S/C21H26N4O2/c1-13(19(26)24-22)11-21(12-14(2)20(27)25-23)17-9-5-3-7-15(17)16-8-4-6-10-18(16)21/h3-10,13-14H,11-12,22-23H2,1-2H3,(H,24,26)(H,25,27). The molecular weight excluding hydrogens is 340 g/mol. The molecule has 2 atom stereocenters. The van der Waals surface area contributed by atoms with Crippen molar-refractivity contribution < 1.29 is 9.59 Å². The molecule has 6 heteroatoms. The van der Waals surface area contributed by atoms with Crippen LogP contribution in [0.1, 0.15) is 37.8 Å². The number of amides is 2. The number of hydrogen-bond donors (Lipinski definition) is 4. The van der Waals surface area contributed by atoms with Crippen LogP contribution in [0.4, 0.5) is 0 Å². The van der Waals surface area contributed by atoms with Crippen LogP contribution >= 0.6 is 0 Å². The Hall–Kier alpha value is -2.70. The number of nitrogens with two attached hydrogens (primary N) is 2. The Labute approximate surface area is 159 Å². The minimum absolute atomic E-state index is 0.216. The maximum absolute atomic E-state index is 12.2. The zero-order valence-electron chi connectivity index (χ0n) is 15.7. The summed E-state index contributed by atoms with van der Waals surface area (Å²) in [5.74, 6) is 9.68. The van der Waals surface area contributed by atoms with E-state index in [9.17, 15) is 9.59 Å². The van der Waals surface area contributed by atoms with Crippen LogP contribution < -0.4 is 22.5 Å². The second-order valence-electron chi connectivity index (χ2n) is 7.40. The summed E-state index contributed by atoms with van der Waals surface area (Å²) in [6, 6.07) is 16.4. The van der Waals surface area contributed by atoms with Gasteiger partial charge in [-0.1, -0.05) is 62.4 Å². The largest absolute Gasteiger partial charge is 0.294 e. The van der Waals surface area contributed by atoms with Crippen LogP contribution in [0.3, 0.4) is 0 Å². The number of nitrogens with one attached hydrogen (secondary N) is 2. The molecule has 0 saturated heterocycles. The fourth-order valence-corrected chi connectivity index (χ4v) is 4.45. The monoisotopic (exact) mass is 366 g/mol. The molecule has 0 radical (unpaired) electrons. The molecule has 0 saturated carbocycles. The van der Waals surface area contributed by atoms with Gasteiger partial charge in [0.2, 0.25) is 11.8 Å². The van der Waals surface area contributed by atoms with E-state index in [1.807, 2.05) is 38.1 Å². The molecule has 0 aromatic heterocycles. The number of fused-ring (bicyclic) bond motifs is 3. The topological polar surface area (TPSA) is 110 Å². The first kappa shape index (κ1) is 19.1. The summed E-state index contributed by atoms with van der Waals surface area (Å²) in [5, 5.41) is 0. The van der Waals surface area contributed by atoms with E-state index in [1.54, 1.807) is 0 Å². The maximum Gasteiger partial charge on any atom is 0.236 e. The van der Waals surface area contributed by atoms with Gasteiger partial charge in [0.25, 0.3) is 0 Å². The molecule has 0 fully saturated rings. The highest BCUT2D eigenvalue weighted by molar-refractivity contribution is 5.84. The molecule has 0 aliphatic heterocycles. The summed E-state index contributed by atoms with van der Waals surface area (Å²) < 4.78 is 0. The van der Waals surface area contributed by atoms with Crippen molar-refractivity contribution in [3.05, 3.63) is 59.7 Å². The van der Waals surface area contributed by atoms with Gasteiger partial charge < -0.3 is 0 Å². The number of carbonyl (C=O) groups excluding carboxylic acids is 2. The molecule has 3 rings (SSSR count). The Morgan fingerprint density at radius 3 is 1.56 bits per heavy atom. The molecule has 2 aromatic rings. The Morgan fingerprint density at radius 2 is 1.19 bits per heavy atom. The van der Waals surface area contributed by atoms with Crippen molar-refractivity contribution in [3.8, 4) is 11.1 Å². The van der Waals surface area contributed by atoms with Gasteiger partial charge in [0, 0.05) is 17.3 Å². The van der Waals surface area contributed by atoms with Crippen LogP contribution in [-0.4, -0.2) is 11.8 Å². The SMILES string of the molecule is CC(CC1(CC(C)C(=O)NN)c2ccccc2-c2ccccc21)C(=O)NN. The number of hydrogen-bond acceptors (Lipinski definition) is 4. The predicted molar refractivity (Wildman–Crippen MR) is 105 cm³/mol. The fraction of sp³-hybridized carbons (Fsp3) is 0.333. The van der Waals surface area contributed by atoms with Crippen molar-refractivity contribution in [1.29, 1.82) is 0 Å². The van der Waals surface area contributed by atoms with Gasteiger partial charge in [-0.2, -0.15) is 0 Å². The van der Waals surface area contributed by atoms with Gasteiger partial charge in [0.1, 0.15) is 0 Å². The molecular formula is C21H26N4O2. The van der Waals surface area contributed by atoms with E-state index in [-0.39, 0.29) is 23.7 Å². The van der Waals surface area contributed by atoms with Crippen molar-refractivity contribution in [2.75, 3.05) is 0 Å². The first-order chi connectivity index (χ1) is 12.9. The van der Waals surface area contributed by atoms with Crippen LogP contribution in [0.25, 0.3) is 11.1 Å². The molecule has 6 N–H and O–H groups in total. The highest BCUT2D eigenvalue weighted by atomic mass is 16.2. The van der Waals surface area contributed by atoms with Gasteiger partial charge in [-0.15, -0.1) is 0 Å². The third-order valence-corrected chi connectivity index (χ3v) is 5.66. The summed E-state index contributed by atoms with van der Waals surface area (Å²) in [6.07, 6.45) is 1.10. The van der Waals surface area contributed by atoms with Crippen LogP contribution in [0.5, 0.6) is 0 Å². The average Bonchev–Trinajstić information content (AvgIpc) is 2.97. The van der Waals surface area contributed by atoms with Crippen molar-refractivity contribution >= 4 is 11.8 Å². The zero-order chi connectivity index (χ0) is 19.6. The molecule has 1 aliphatic rings. The minimum atomic E-state index is -0.467. The van der Waals surface area contributed by atoms with Gasteiger partial charge in [-0.3, -0.25) is 20.4 Å². The fourth-order valence-electron chi connectivity index (χ4n) is 4.45. The first-order valence-corrected chi connectivity index (χ1v) is 9.15. The van der Waals surface area contributed by atoms with Gasteiger partial charge in [0.05, 0.1) is 0 Å². The molecule has 142 valence electrons. The van der Waals surface area contributed by atoms with Crippen molar-refractivity contribution in [2.24, 2.45) is 23.5 Å². The minimum Gasteiger partial charge on any atom is -0.294 e. The van der Waals surface area contributed by atoms with Gasteiger partial charge >= 0.3 is 0 Å². The summed E-state index contributed by atoms with van der Waals surface area (Å²) >= 11 is 0. The van der Waals surface area contributed by atoms with Gasteiger partial charge in [0.15, 0.2) is 0 Å². The molecule has 27 heavy (non-hydrogen) atoms. The quantitative estimate of drug-likeness (QED) is 0.356. The molecule has 0 bridgehead atoms. The molecule has 2 amide bonds. The van der Waals surface area contributed by atoms with Crippen LogP contribution in [0.2, 0.25) is 0 Å². The van der Waals surface area contributed by atoms with E-state index in [0.717, 1.165) is 22.3 Å². The lowest BCUT2D eigenvalue weighted by atomic mass is 9.67. The van der Waals surface area contributed by atoms with Crippen LogP contribution in [-0.2, 0) is 15.0 Å². The highest BCUT2D eigenvalue weighted by Gasteiger charge is 2.46. The Morgan fingerprint density at radius 1 is 0.815 bits per heavy atom.